The zero-order chi connectivity index (χ0) is 19.7. The lowest BCUT2D eigenvalue weighted by Crippen LogP contribution is -2.58. The second kappa shape index (κ2) is 7.39. The minimum atomic E-state index is -0.590. The van der Waals surface area contributed by atoms with Crippen LogP contribution in [0.5, 0.6) is 0 Å². The summed E-state index contributed by atoms with van der Waals surface area (Å²) in [4.78, 5) is 24.1. The molecule has 0 atom stereocenters. The highest BCUT2D eigenvalue weighted by Gasteiger charge is 2.43. The van der Waals surface area contributed by atoms with Crippen LogP contribution >= 0.6 is 15.9 Å². The molecule has 1 fully saturated rings. The molecule has 2 aromatic carbocycles. The molecule has 6 nitrogen and oxygen atoms in total. The largest absolute Gasteiger partial charge is 0.369 e. The molecule has 4 N–H and O–H groups in total. The van der Waals surface area contributed by atoms with E-state index in [1.165, 1.54) is 0 Å². The summed E-state index contributed by atoms with van der Waals surface area (Å²) >= 11 is 3.49. The molecule has 144 valence electrons. The Hall–Kier alpha value is -2.67. The second-order valence-corrected chi connectivity index (χ2v) is 8.09. The smallest absolute Gasteiger partial charge is 0.220 e. The molecule has 2 aliphatic rings. The van der Waals surface area contributed by atoms with Crippen molar-refractivity contribution < 1.29 is 4.79 Å². The average molecular weight is 440 g/mol. The number of aliphatic imine (C=N–C) groups is 2. The molecular weight excluding hydrogens is 418 g/mol. The van der Waals surface area contributed by atoms with Gasteiger partial charge in [-0.3, -0.25) is 9.69 Å². The summed E-state index contributed by atoms with van der Waals surface area (Å²) in [5, 5.41) is 0. The predicted octanol–water partition coefficient (Wildman–Crippen LogP) is 3.79. The number of hydrogen-bond donors (Lipinski definition) is 2. The van der Waals surface area contributed by atoms with E-state index in [1.807, 2.05) is 53.4 Å². The summed E-state index contributed by atoms with van der Waals surface area (Å²) < 4.78 is 0.823. The third kappa shape index (κ3) is 3.30. The Kier molecular flexibility index (Phi) is 4.93. The summed E-state index contributed by atoms with van der Waals surface area (Å²) in [7, 11) is 0. The van der Waals surface area contributed by atoms with Crippen molar-refractivity contribution in [3.05, 3.63) is 64.1 Å². The molecule has 0 radical (unpaired) electrons. The first-order chi connectivity index (χ1) is 13.5. The number of guanidine groups is 2. The van der Waals surface area contributed by atoms with Crippen molar-refractivity contribution in [2.24, 2.45) is 21.5 Å². The first kappa shape index (κ1) is 18.7. The van der Waals surface area contributed by atoms with Gasteiger partial charge in [-0.05, 0) is 43.9 Å². The average Bonchev–Trinajstić information content (AvgIpc) is 2.69. The van der Waals surface area contributed by atoms with Crippen LogP contribution in [-0.4, -0.2) is 23.4 Å². The number of carbonyl (C=O) groups excluding carboxylic acids is 1. The molecule has 0 aromatic heterocycles. The molecular formula is C21H22BrN5O. The van der Waals surface area contributed by atoms with Gasteiger partial charge < -0.3 is 11.5 Å². The van der Waals surface area contributed by atoms with Gasteiger partial charge in [0.05, 0.1) is 5.69 Å². The topological polar surface area (TPSA) is 97.1 Å². The Morgan fingerprint density at radius 3 is 2.46 bits per heavy atom. The van der Waals surface area contributed by atoms with Gasteiger partial charge in [0.1, 0.15) is 5.66 Å². The maximum Gasteiger partial charge on any atom is 0.220 e. The molecule has 1 aliphatic carbocycles. The molecule has 4 rings (SSSR count). The Morgan fingerprint density at radius 2 is 1.75 bits per heavy atom. The van der Waals surface area contributed by atoms with Crippen molar-refractivity contribution >= 4 is 39.3 Å². The quantitative estimate of drug-likeness (QED) is 0.710. The second-order valence-electron chi connectivity index (χ2n) is 7.18. The van der Waals surface area contributed by atoms with Gasteiger partial charge in [-0.15, -0.1) is 0 Å². The fourth-order valence-electron chi connectivity index (χ4n) is 4.10. The third-order valence-corrected chi connectivity index (χ3v) is 5.82. The van der Waals surface area contributed by atoms with Crippen LogP contribution in [0.15, 0.2) is 63.0 Å². The maximum atomic E-state index is 13.3. The zero-order valence-electron chi connectivity index (χ0n) is 15.4. The molecule has 0 amide bonds. The minimum absolute atomic E-state index is 0.0711. The normalized spacial score (nSPS) is 18.5. The van der Waals surface area contributed by atoms with Crippen LogP contribution in [0.4, 0.5) is 5.69 Å². The third-order valence-electron chi connectivity index (χ3n) is 5.33. The summed E-state index contributed by atoms with van der Waals surface area (Å²) in [6, 6.07) is 14.9. The molecule has 28 heavy (non-hydrogen) atoms. The Labute approximate surface area is 172 Å². The van der Waals surface area contributed by atoms with E-state index in [2.05, 4.69) is 20.9 Å². The van der Waals surface area contributed by atoms with Gasteiger partial charge >= 0.3 is 0 Å². The van der Waals surface area contributed by atoms with E-state index in [4.69, 9.17) is 16.5 Å². The van der Waals surface area contributed by atoms with Crippen molar-refractivity contribution in [3.8, 4) is 0 Å². The summed E-state index contributed by atoms with van der Waals surface area (Å²) in [5.74, 6) is 0.403. The molecule has 1 spiro atoms. The Bertz CT molecular complexity index is 964. The maximum absolute atomic E-state index is 13.3. The van der Waals surface area contributed by atoms with Crippen LogP contribution in [-0.2, 0) is 0 Å². The fraction of sp³-hybridized carbons (Fsp3) is 0.286. The van der Waals surface area contributed by atoms with E-state index < -0.39 is 5.66 Å². The van der Waals surface area contributed by atoms with Crippen molar-refractivity contribution in [3.63, 3.8) is 0 Å². The minimum Gasteiger partial charge on any atom is -0.369 e. The molecule has 1 heterocycles. The van der Waals surface area contributed by atoms with E-state index in [1.54, 1.807) is 0 Å². The van der Waals surface area contributed by atoms with Gasteiger partial charge in [-0.1, -0.05) is 52.7 Å². The number of benzene rings is 2. The number of rotatable bonds is 3. The lowest BCUT2D eigenvalue weighted by atomic mass is 9.86. The lowest BCUT2D eigenvalue weighted by Gasteiger charge is -2.46. The van der Waals surface area contributed by atoms with Crippen molar-refractivity contribution in [1.29, 1.82) is 0 Å². The number of halogens is 1. The van der Waals surface area contributed by atoms with Crippen molar-refractivity contribution in [1.82, 2.24) is 0 Å². The molecule has 1 aliphatic heterocycles. The highest BCUT2D eigenvalue weighted by atomic mass is 79.9. The van der Waals surface area contributed by atoms with Gasteiger partial charge in [0.2, 0.25) is 11.9 Å². The standard InChI is InChI=1S/C21H22BrN5O/c22-15-9-10-17(16(13-15)18(28)14-7-3-1-4-8-14)27-20(24)25-19(23)26-21(27)11-5-2-6-12-21/h1,3-4,7-10,13H,2,5-6,11-12H2,(H4,23,24,25,26). The number of hydrogen-bond acceptors (Lipinski definition) is 6. The van der Waals surface area contributed by atoms with E-state index in [-0.39, 0.29) is 17.7 Å². The first-order valence-corrected chi connectivity index (χ1v) is 10.2. The van der Waals surface area contributed by atoms with Crippen LogP contribution < -0.4 is 16.4 Å². The van der Waals surface area contributed by atoms with Crippen LogP contribution in [0.2, 0.25) is 0 Å². The predicted molar refractivity (Wildman–Crippen MR) is 116 cm³/mol. The molecule has 0 saturated heterocycles. The van der Waals surface area contributed by atoms with Crippen LogP contribution in [0, 0.1) is 0 Å². The van der Waals surface area contributed by atoms with E-state index in [9.17, 15) is 4.79 Å². The van der Waals surface area contributed by atoms with E-state index in [0.29, 0.717) is 16.8 Å². The summed E-state index contributed by atoms with van der Waals surface area (Å²) in [6.45, 7) is 0. The molecule has 0 unspecified atom stereocenters. The molecule has 2 aromatic rings. The van der Waals surface area contributed by atoms with Gasteiger partial charge in [0.25, 0.3) is 0 Å². The highest BCUT2D eigenvalue weighted by molar-refractivity contribution is 9.10. The van der Waals surface area contributed by atoms with Crippen LogP contribution in [0.3, 0.4) is 0 Å². The first-order valence-electron chi connectivity index (χ1n) is 9.39. The summed E-state index contributed by atoms with van der Waals surface area (Å²) in [5.41, 5.74) is 13.6. The Morgan fingerprint density at radius 1 is 1.04 bits per heavy atom. The van der Waals surface area contributed by atoms with Gasteiger partial charge in [-0.2, -0.15) is 4.99 Å². The van der Waals surface area contributed by atoms with E-state index in [0.717, 1.165) is 36.6 Å². The van der Waals surface area contributed by atoms with Crippen LogP contribution in [0.25, 0.3) is 0 Å². The number of nitrogens with zero attached hydrogens (tertiary/aromatic N) is 3. The monoisotopic (exact) mass is 439 g/mol. The number of nitrogens with two attached hydrogens (primary N) is 2. The number of ketones is 1. The Balaban J connectivity index is 1.86. The SMILES string of the molecule is NC1=NC2(CCCCC2)N(c2ccc(Br)cc2C(=O)c2ccccc2)C(N)=N1. The van der Waals surface area contributed by atoms with Crippen molar-refractivity contribution in [2.75, 3.05) is 4.90 Å². The molecule has 0 bridgehead atoms. The lowest BCUT2D eigenvalue weighted by molar-refractivity contribution is 0.103. The number of anilines is 1. The van der Waals surface area contributed by atoms with E-state index >= 15 is 0 Å². The zero-order valence-corrected chi connectivity index (χ0v) is 17.0. The van der Waals surface area contributed by atoms with Crippen molar-refractivity contribution in [2.45, 2.75) is 37.8 Å². The fourth-order valence-corrected chi connectivity index (χ4v) is 4.46. The van der Waals surface area contributed by atoms with Gasteiger partial charge in [0.15, 0.2) is 5.78 Å². The number of carbonyl (C=O) groups is 1. The van der Waals surface area contributed by atoms with Crippen LogP contribution in [0.1, 0.15) is 48.0 Å². The molecule has 7 heteroatoms. The summed E-state index contributed by atoms with van der Waals surface area (Å²) in [6.07, 6.45) is 4.84. The van der Waals surface area contributed by atoms with Gasteiger partial charge in [0, 0.05) is 15.6 Å². The molecule has 1 saturated carbocycles. The van der Waals surface area contributed by atoms with Gasteiger partial charge in [-0.25, -0.2) is 4.99 Å². The highest BCUT2D eigenvalue weighted by Crippen LogP contribution is 2.41.